The Balaban J connectivity index is 2.73. The lowest BCUT2D eigenvalue weighted by molar-refractivity contribution is -0.259. The smallest absolute Gasteiger partial charge is 0.310 e. The van der Waals surface area contributed by atoms with Gasteiger partial charge in [-0.25, -0.2) is 0 Å². The van der Waals surface area contributed by atoms with E-state index in [1.807, 2.05) is 27.7 Å². The van der Waals surface area contributed by atoms with Gasteiger partial charge in [-0.1, -0.05) is 45.2 Å². The van der Waals surface area contributed by atoms with Crippen LogP contribution in [0.15, 0.2) is 0 Å². The highest BCUT2D eigenvalue weighted by atomic mass is 127. The minimum atomic E-state index is -0.378. The molecular formula is C13H23I2NO3. The molecule has 1 rings (SSSR count). The average Bonchev–Trinajstić information content (AvgIpc) is 2.26. The second kappa shape index (κ2) is 6.74. The normalized spacial score (nSPS) is 23.6. The lowest BCUT2D eigenvalue weighted by atomic mass is 9.80. The number of carbonyl (C=O) groups is 1. The lowest BCUT2D eigenvalue weighted by Gasteiger charge is -2.51. The Morgan fingerprint density at radius 3 is 2.05 bits per heavy atom. The molecule has 0 aromatic heterocycles. The molecule has 4 nitrogen and oxygen atoms in total. The number of halogens is 2. The van der Waals surface area contributed by atoms with Gasteiger partial charge in [-0.2, -0.15) is 5.06 Å². The van der Waals surface area contributed by atoms with Crippen molar-refractivity contribution >= 4 is 51.2 Å². The maximum Gasteiger partial charge on any atom is 0.310 e. The van der Waals surface area contributed by atoms with E-state index in [0.717, 1.165) is 8.86 Å². The molecule has 0 saturated carbocycles. The number of hydrogen-bond donors (Lipinski definition) is 1. The van der Waals surface area contributed by atoms with Crippen molar-refractivity contribution in [1.29, 1.82) is 0 Å². The number of hydrogen-bond acceptors (Lipinski definition) is 4. The summed E-state index contributed by atoms with van der Waals surface area (Å²) in [6.45, 7) is 7.90. The Kier molecular flexibility index (Phi) is 6.35. The summed E-state index contributed by atoms with van der Waals surface area (Å²) >= 11 is 4.44. The van der Waals surface area contributed by atoms with Gasteiger partial charge in [0.15, 0.2) is 0 Å². The highest BCUT2D eigenvalue weighted by Crippen LogP contribution is 2.38. The number of nitrogens with zero attached hydrogens (tertiary/aromatic N) is 1. The minimum Gasteiger partial charge on any atom is -0.462 e. The van der Waals surface area contributed by atoms with Crippen molar-refractivity contribution in [3.63, 3.8) is 0 Å². The van der Waals surface area contributed by atoms with Gasteiger partial charge in [0.1, 0.15) is 6.10 Å². The third-order valence-electron chi connectivity index (χ3n) is 3.59. The van der Waals surface area contributed by atoms with Crippen molar-refractivity contribution in [3.05, 3.63) is 0 Å². The lowest BCUT2D eigenvalue weighted by Crippen LogP contribution is -2.60. The molecule has 1 N–H and O–H groups in total. The van der Waals surface area contributed by atoms with Crippen LogP contribution >= 0.6 is 45.2 Å². The molecule has 112 valence electrons. The standard InChI is InChI=1S/C13H23I2NO3/c1-12(2)5-10(6-13(3,4)16(12)18)19-11(17)9(7-14)8-15/h9-10,18H,5-8H2,1-4H3. The third kappa shape index (κ3) is 4.41. The molecule has 0 radical (unpaired) electrons. The number of rotatable bonds is 4. The van der Waals surface area contributed by atoms with Gasteiger partial charge in [0.25, 0.3) is 0 Å². The van der Waals surface area contributed by atoms with E-state index in [4.69, 9.17) is 4.74 Å². The quantitative estimate of drug-likeness (QED) is 0.369. The van der Waals surface area contributed by atoms with Crippen molar-refractivity contribution in [2.24, 2.45) is 5.92 Å². The van der Waals surface area contributed by atoms with Gasteiger partial charge in [0.05, 0.1) is 5.92 Å². The van der Waals surface area contributed by atoms with Crippen LogP contribution in [-0.2, 0) is 9.53 Å². The van der Waals surface area contributed by atoms with E-state index in [9.17, 15) is 10.0 Å². The van der Waals surface area contributed by atoms with Crippen LogP contribution in [0.1, 0.15) is 40.5 Å². The Morgan fingerprint density at radius 1 is 1.26 bits per heavy atom. The zero-order chi connectivity index (χ0) is 14.8. The summed E-state index contributed by atoms with van der Waals surface area (Å²) in [5, 5.41) is 11.6. The van der Waals surface area contributed by atoms with E-state index >= 15 is 0 Å². The van der Waals surface area contributed by atoms with E-state index in [2.05, 4.69) is 45.2 Å². The Morgan fingerprint density at radius 2 is 1.68 bits per heavy atom. The summed E-state index contributed by atoms with van der Waals surface area (Å²) in [7, 11) is 0. The molecule has 0 atom stereocenters. The maximum absolute atomic E-state index is 12.1. The van der Waals surface area contributed by atoms with Crippen LogP contribution in [0.4, 0.5) is 0 Å². The number of piperidine rings is 1. The molecule has 19 heavy (non-hydrogen) atoms. The monoisotopic (exact) mass is 495 g/mol. The molecule has 6 heteroatoms. The first kappa shape index (κ1) is 17.9. The minimum absolute atomic E-state index is 0.0282. The fourth-order valence-corrected chi connectivity index (χ4v) is 5.22. The van der Waals surface area contributed by atoms with Gasteiger partial charge in [-0.05, 0) is 27.7 Å². The van der Waals surface area contributed by atoms with Crippen molar-refractivity contribution in [2.45, 2.75) is 57.7 Å². The molecule has 0 spiro atoms. The van der Waals surface area contributed by atoms with Gasteiger partial charge in [-0.15, -0.1) is 0 Å². The summed E-state index contributed by atoms with van der Waals surface area (Å²) in [4.78, 5) is 12.1. The largest absolute Gasteiger partial charge is 0.462 e. The number of ether oxygens (including phenoxy) is 1. The number of hydroxylamine groups is 2. The number of esters is 1. The first-order valence-electron chi connectivity index (χ1n) is 6.45. The average molecular weight is 495 g/mol. The summed E-state index contributed by atoms with van der Waals surface area (Å²) < 4.78 is 7.23. The zero-order valence-electron chi connectivity index (χ0n) is 11.9. The van der Waals surface area contributed by atoms with Crippen LogP contribution in [0.2, 0.25) is 0 Å². The van der Waals surface area contributed by atoms with Gasteiger partial charge in [0.2, 0.25) is 0 Å². The first-order valence-corrected chi connectivity index (χ1v) is 9.51. The summed E-state index contributed by atoms with van der Waals surface area (Å²) in [6.07, 6.45) is 1.20. The molecule has 1 saturated heterocycles. The molecule has 0 aromatic carbocycles. The molecule has 1 aliphatic heterocycles. The summed E-state index contributed by atoms with van der Waals surface area (Å²) in [5.41, 5.74) is -0.756. The molecule has 0 aromatic rings. The van der Waals surface area contributed by atoms with Gasteiger partial charge >= 0.3 is 5.97 Å². The molecule has 0 bridgehead atoms. The van der Waals surface area contributed by atoms with Crippen LogP contribution in [0, 0.1) is 5.92 Å². The Hall–Kier alpha value is 0.850. The van der Waals surface area contributed by atoms with Crippen molar-refractivity contribution < 1.29 is 14.7 Å². The van der Waals surface area contributed by atoms with E-state index in [-0.39, 0.29) is 29.1 Å². The predicted octanol–water partition coefficient (Wildman–Crippen LogP) is 3.43. The van der Waals surface area contributed by atoms with Crippen molar-refractivity contribution in [3.8, 4) is 0 Å². The van der Waals surface area contributed by atoms with Crippen LogP contribution < -0.4 is 0 Å². The highest BCUT2D eigenvalue weighted by Gasteiger charge is 2.46. The van der Waals surface area contributed by atoms with E-state index in [0.29, 0.717) is 12.8 Å². The fourth-order valence-electron chi connectivity index (χ4n) is 2.69. The van der Waals surface area contributed by atoms with Crippen LogP contribution in [0.3, 0.4) is 0 Å². The molecule has 1 fully saturated rings. The Bertz CT molecular complexity index is 312. The maximum atomic E-state index is 12.1. The van der Waals surface area contributed by atoms with E-state index < -0.39 is 0 Å². The van der Waals surface area contributed by atoms with Crippen LogP contribution in [0.5, 0.6) is 0 Å². The Labute approximate surface area is 142 Å². The summed E-state index contributed by atoms with van der Waals surface area (Å²) in [6, 6.07) is 0. The van der Waals surface area contributed by atoms with Gasteiger partial charge < -0.3 is 9.94 Å². The topological polar surface area (TPSA) is 49.8 Å². The highest BCUT2D eigenvalue weighted by molar-refractivity contribution is 14.1. The van der Waals surface area contributed by atoms with Gasteiger partial charge in [0, 0.05) is 32.8 Å². The molecule has 0 amide bonds. The molecule has 0 aliphatic carbocycles. The number of carbonyl (C=O) groups excluding carboxylic acids is 1. The molecular weight excluding hydrogens is 472 g/mol. The predicted molar refractivity (Wildman–Crippen MR) is 92.2 cm³/mol. The fraction of sp³-hybridized carbons (Fsp3) is 0.923. The van der Waals surface area contributed by atoms with Crippen LogP contribution in [-0.4, -0.2) is 42.3 Å². The van der Waals surface area contributed by atoms with Crippen LogP contribution in [0.25, 0.3) is 0 Å². The molecule has 1 aliphatic rings. The number of alkyl halides is 2. The SMILES string of the molecule is CC1(C)CC(OC(=O)C(CI)CI)CC(C)(C)N1O. The first-order chi connectivity index (χ1) is 8.64. The van der Waals surface area contributed by atoms with E-state index in [1.165, 1.54) is 5.06 Å². The van der Waals surface area contributed by atoms with Crippen molar-refractivity contribution in [2.75, 3.05) is 8.86 Å². The zero-order valence-corrected chi connectivity index (χ0v) is 16.3. The second-order valence-corrected chi connectivity index (χ2v) is 8.17. The molecule has 1 heterocycles. The van der Waals surface area contributed by atoms with Crippen molar-refractivity contribution in [1.82, 2.24) is 5.06 Å². The third-order valence-corrected chi connectivity index (χ3v) is 5.72. The molecule has 0 unspecified atom stereocenters. The summed E-state index contributed by atoms with van der Waals surface area (Å²) in [5.74, 6) is -0.133. The second-order valence-electron chi connectivity index (χ2n) is 6.41. The van der Waals surface area contributed by atoms with E-state index in [1.54, 1.807) is 0 Å². The van der Waals surface area contributed by atoms with Gasteiger partial charge in [-0.3, -0.25) is 4.79 Å².